The van der Waals surface area contributed by atoms with Gasteiger partial charge in [-0.1, -0.05) is 19.3 Å². The molecule has 0 saturated heterocycles. The summed E-state index contributed by atoms with van der Waals surface area (Å²) in [7, 11) is 0. The number of carbonyl (C=O) groups excluding carboxylic acids is 1. The molecule has 0 unspecified atom stereocenters. The number of hydrogen-bond donors (Lipinski definition) is 0. The van der Waals surface area contributed by atoms with Crippen LogP contribution >= 0.6 is 0 Å². The van der Waals surface area contributed by atoms with E-state index in [2.05, 4.69) is 0 Å². The Morgan fingerprint density at radius 3 is 2.70 bits per heavy atom. The summed E-state index contributed by atoms with van der Waals surface area (Å²) in [5.74, 6) is -1.32. The minimum Gasteiger partial charge on any atom is -0.462 e. The first-order valence-electron chi connectivity index (χ1n) is 6.69. The van der Waals surface area contributed by atoms with Crippen molar-refractivity contribution in [2.75, 3.05) is 6.61 Å². The SMILES string of the molecule is O=C(OCC1CCCCC1)c1cc([N+](=O)[O-])ccc1F. The van der Waals surface area contributed by atoms with Crippen molar-refractivity contribution in [2.24, 2.45) is 5.92 Å². The Bertz CT molecular complexity index is 512. The van der Waals surface area contributed by atoms with E-state index in [1.807, 2.05) is 0 Å². The molecule has 0 radical (unpaired) electrons. The summed E-state index contributed by atoms with van der Waals surface area (Å²) in [6.45, 7) is 0.251. The van der Waals surface area contributed by atoms with E-state index >= 15 is 0 Å². The number of carbonyl (C=O) groups is 1. The lowest BCUT2D eigenvalue weighted by molar-refractivity contribution is -0.384. The van der Waals surface area contributed by atoms with Crippen LogP contribution in [0.5, 0.6) is 0 Å². The summed E-state index contributed by atoms with van der Waals surface area (Å²) >= 11 is 0. The molecule has 1 aromatic carbocycles. The minimum absolute atomic E-state index is 0.251. The van der Waals surface area contributed by atoms with Gasteiger partial charge in [0.15, 0.2) is 0 Å². The number of esters is 1. The standard InChI is InChI=1S/C14H16FNO4/c15-13-7-6-11(16(18)19)8-12(13)14(17)20-9-10-4-2-1-3-5-10/h6-8,10H,1-5,9H2. The summed E-state index contributed by atoms with van der Waals surface area (Å²) < 4.78 is 18.6. The third-order valence-electron chi connectivity index (χ3n) is 3.56. The zero-order valence-corrected chi connectivity index (χ0v) is 11.0. The summed E-state index contributed by atoms with van der Waals surface area (Å²) in [5.41, 5.74) is -0.703. The first-order valence-corrected chi connectivity index (χ1v) is 6.69. The molecule has 1 aliphatic rings. The van der Waals surface area contributed by atoms with Gasteiger partial charge in [0.2, 0.25) is 0 Å². The summed E-state index contributed by atoms with van der Waals surface area (Å²) in [6, 6.07) is 2.85. The fourth-order valence-electron chi connectivity index (χ4n) is 2.41. The molecule has 0 aromatic heterocycles. The highest BCUT2D eigenvalue weighted by Gasteiger charge is 2.20. The van der Waals surface area contributed by atoms with Crippen molar-refractivity contribution in [1.82, 2.24) is 0 Å². The first kappa shape index (κ1) is 14.4. The summed E-state index contributed by atoms with van der Waals surface area (Å²) in [5, 5.41) is 10.6. The van der Waals surface area contributed by atoms with Crippen molar-refractivity contribution in [1.29, 1.82) is 0 Å². The highest BCUT2D eigenvalue weighted by molar-refractivity contribution is 5.90. The molecule has 108 valence electrons. The number of rotatable bonds is 4. The van der Waals surface area contributed by atoms with Crippen LogP contribution in [0.4, 0.5) is 10.1 Å². The maximum absolute atomic E-state index is 13.5. The Hall–Kier alpha value is -1.98. The molecule has 1 aliphatic carbocycles. The topological polar surface area (TPSA) is 69.4 Å². The average Bonchev–Trinajstić information content (AvgIpc) is 2.46. The van der Waals surface area contributed by atoms with Gasteiger partial charge in [-0.3, -0.25) is 10.1 Å². The predicted molar refractivity (Wildman–Crippen MR) is 69.9 cm³/mol. The Balaban J connectivity index is 2.00. The number of nitrogens with zero attached hydrogens (tertiary/aromatic N) is 1. The molecule has 5 nitrogen and oxygen atoms in total. The number of halogens is 1. The lowest BCUT2D eigenvalue weighted by Crippen LogP contribution is -2.17. The highest BCUT2D eigenvalue weighted by Crippen LogP contribution is 2.24. The minimum atomic E-state index is -0.836. The van der Waals surface area contributed by atoms with E-state index in [4.69, 9.17) is 4.74 Å². The molecule has 0 aliphatic heterocycles. The lowest BCUT2D eigenvalue weighted by atomic mass is 9.90. The van der Waals surface area contributed by atoms with Gasteiger partial charge in [-0.05, 0) is 24.8 Å². The second kappa shape index (κ2) is 6.45. The molecule has 20 heavy (non-hydrogen) atoms. The van der Waals surface area contributed by atoms with Gasteiger partial charge in [-0.25, -0.2) is 9.18 Å². The maximum Gasteiger partial charge on any atom is 0.341 e. The van der Waals surface area contributed by atoms with Crippen LogP contribution in [0, 0.1) is 21.8 Å². The monoisotopic (exact) mass is 281 g/mol. The van der Waals surface area contributed by atoms with Gasteiger partial charge in [0.25, 0.3) is 5.69 Å². The van der Waals surface area contributed by atoms with E-state index in [9.17, 15) is 19.3 Å². The summed E-state index contributed by atoms with van der Waals surface area (Å²) in [4.78, 5) is 21.8. The largest absolute Gasteiger partial charge is 0.462 e. The second-order valence-electron chi connectivity index (χ2n) is 5.02. The van der Waals surface area contributed by atoms with Gasteiger partial charge in [0.1, 0.15) is 11.4 Å². The van der Waals surface area contributed by atoms with Gasteiger partial charge < -0.3 is 4.74 Å². The van der Waals surface area contributed by atoms with E-state index in [0.29, 0.717) is 5.92 Å². The summed E-state index contributed by atoms with van der Waals surface area (Å²) in [6.07, 6.45) is 5.44. The van der Waals surface area contributed by atoms with Gasteiger partial charge in [0, 0.05) is 12.1 Å². The second-order valence-corrected chi connectivity index (χ2v) is 5.02. The number of ether oxygens (including phenoxy) is 1. The van der Waals surface area contributed by atoms with Crippen LogP contribution < -0.4 is 0 Å². The van der Waals surface area contributed by atoms with E-state index in [-0.39, 0.29) is 17.9 Å². The third kappa shape index (κ3) is 3.53. The Morgan fingerprint density at radius 1 is 1.35 bits per heavy atom. The number of hydrogen-bond acceptors (Lipinski definition) is 4. The van der Waals surface area contributed by atoms with E-state index in [0.717, 1.165) is 43.9 Å². The highest BCUT2D eigenvalue weighted by atomic mass is 19.1. The van der Waals surface area contributed by atoms with Crippen LogP contribution in [-0.4, -0.2) is 17.5 Å². The van der Waals surface area contributed by atoms with Gasteiger partial charge in [-0.15, -0.1) is 0 Å². The Labute approximate surface area is 115 Å². The predicted octanol–water partition coefficient (Wildman–Crippen LogP) is 3.47. The van der Waals surface area contributed by atoms with Crippen molar-refractivity contribution in [2.45, 2.75) is 32.1 Å². The zero-order valence-electron chi connectivity index (χ0n) is 11.0. The smallest absolute Gasteiger partial charge is 0.341 e. The van der Waals surface area contributed by atoms with Gasteiger partial charge in [0.05, 0.1) is 11.5 Å². The van der Waals surface area contributed by atoms with Crippen LogP contribution in [0.15, 0.2) is 18.2 Å². The van der Waals surface area contributed by atoms with Crippen LogP contribution in [0.2, 0.25) is 0 Å². The maximum atomic E-state index is 13.5. The molecule has 0 N–H and O–H groups in total. The van der Waals surface area contributed by atoms with Crippen molar-refractivity contribution < 1.29 is 18.8 Å². The number of nitro benzene ring substituents is 1. The fourth-order valence-corrected chi connectivity index (χ4v) is 2.41. The van der Waals surface area contributed by atoms with Crippen molar-refractivity contribution in [3.63, 3.8) is 0 Å². The quantitative estimate of drug-likeness (QED) is 0.481. The molecule has 1 fully saturated rings. The zero-order chi connectivity index (χ0) is 14.5. The molecular weight excluding hydrogens is 265 g/mol. The molecule has 1 aromatic rings. The molecule has 1 saturated carbocycles. The Morgan fingerprint density at radius 2 is 2.05 bits per heavy atom. The lowest BCUT2D eigenvalue weighted by Gasteiger charge is -2.21. The van der Waals surface area contributed by atoms with Crippen molar-refractivity contribution in [3.05, 3.63) is 39.7 Å². The first-order chi connectivity index (χ1) is 9.58. The normalized spacial score (nSPS) is 15.8. The number of nitro groups is 1. The Kier molecular flexibility index (Phi) is 4.65. The van der Waals surface area contributed by atoms with Crippen LogP contribution in [0.25, 0.3) is 0 Å². The number of benzene rings is 1. The molecule has 0 amide bonds. The molecular formula is C14H16FNO4. The third-order valence-corrected chi connectivity index (χ3v) is 3.56. The van der Waals surface area contributed by atoms with Crippen molar-refractivity contribution in [3.8, 4) is 0 Å². The van der Waals surface area contributed by atoms with E-state index in [1.165, 1.54) is 6.42 Å². The van der Waals surface area contributed by atoms with E-state index < -0.39 is 16.7 Å². The van der Waals surface area contributed by atoms with Crippen LogP contribution in [0.3, 0.4) is 0 Å². The molecule has 0 bridgehead atoms. The number of non-ortho nitro benzene ring substituents is 1. The molecule has 0 heterocycles. The fraction of sp³-hybridized carbons (Fsp3) is 0.500. The molecule has 2 rings (SSSR count). The van der Waals surface area contributed by atoms with Gasteiger partial charge >= 0.3 is 5.97 Å². The average molecular weight is 281 g/mol. The van der Waals surface area contributed by atoms with Crippen LogP contribution in [0.1, 0.15) is 42.5 Å². The van der Waals surface area contributed by atoms with Crippen LogP contribution in [-0.2, 0) is 4.74 Å². The molecule has 6 heteroatoms. The van der Waals surface area contributed by atoms with Gasteiger partial charge in [-0.2, -0.15) is 0 Å². The van der Waals surface area contributed by atoms with E-state index in [1.54, 1.807) is 0 Å². The molecule has 0 spiro atoms. The molecule has 0 atom stereocenters. The van der Waals surface area contributed by atoms with Crippen molar-refractivity contribution >= 4 is 11.7 Å².